The maximum atomic E-state index is 12.8. The standard InChI is InChI=1S/C25H32ClN5O3S/c1-31(2)24-20-6-4-5-7-21(20)29-25(30-24)27-15-17-8-10-18(11-9-17)16-28-35(32,33)23-14-19(26)12-13-22(23)34-3/h4-7,12-14,17-18,28H,8-11,15-16H2,1-3H3,(H,27,29,30)/t17-,18-. The molecule has 0 aliphatic heterocycles. The number of nitrogens with zero attached hydrogens (tertiary/aromatic N) is 3. The van der Waals surface area contributed by atoms with E-state index in [0.29, 0.717) is 29.4 Å². The van der Waals surface area contributed by atoms with Gasteiger partial charge in [-0.2, -0.15) is 4.98 Å². The summed E-state index contributed by atoms with van der Waals surface area (Å²) in [4.78, 5) is 11.5. The fraction of sp³-hybridized carbons (Fsp3) is 0.440. The fourth-order valence-corrected chi connectivity index (χ4v) is 6.07. The SMILES string of the molecule is COc1ccc(Cl)cc1S(=O)(=O)NC[C@H]1CC[C@H](CNc2nc(N(C)C)c3ccccc3n2)CC1. The summed E-state index contributed by atoms with van der Waals surface area (Å²) in [5, 5.41) is 4.81. The van der Waals surface area contributed by atoms with Crippen molar-refractivity contribution < 1.29 is 13.2 Å². The molecular weight excluding hydrogens is 486 g/mol. The minimum Gasteiger partial charge on any atom is -0.495 e. The lowest BCUT2D eigenvalue weighted by Crippen LogP contribution is -2.32. The molecule has 2 aromatic carbocycles. The molecule has 4 rings (SSSR count). The van der Waals surface area contributed by atoms with Gasteiger partial charge in [0, 0.05) is 37.6 Å². The van der Waals surface area contributed by atoms with Crippen LogP contribution < -0.4 is 19.7 Å². The van der Waals surface area contributed by atoms with Gasteiger partial charge in [0.1, 0.15) is 16.5 Å². The van der Waals surface area contributed by atoms with E-state index >= 15 is 0 Å². The third kappa shape index (κ3) is 6.15. The van der Waals surface area contributed by atoms with Gasteiger partial charge in [0.25, 0.3) is 0 Å². The summed E-state index contributed by atoms with van der Waals surface area (Å²) in [5.41, 5.74) is 0.918. The number of methoxy groups -OCH3 is 1. The van der Waals surface area contributed by atoms with Crippen molar-refractivity contribution in [3.63, 3.8) is 0 Å². The predicted molar refractivity (Wildman–Crippen MR) is 141 cm³/mol. The molecule has 1 aliphatic rings. The summed E-state index contributed by atoms with van der Waals surface area (Å²) in [6, 6.07) is 12.6. The molecule has 3 aromatic rings. The van der Waals surface area contributed by atoms with Crippen LogP contribution >= 0.6 is 11.6 Å². The molecule has 1 aliphatic carbocycles. The van der Waals surface area contributed by atoms with Gasteiger partial charge >= 0.3 is 0 Å². The topological polar surface area (TPSA) is 96.5 Å². The van der Waals surface area contributed by atoms with Gasteiger partial charge in [0.2, 0.25) is 16.0 Å². The van der Waals surface area contributed by atoms with Crippen LogP contribution in [0.25, 0.3) is 10.9 Å². The van der Waals surface area contributed by atoms with Crippen LogP contribution in [0.4, 0.5) is 11.8 Å². The lowest BCUT2D eigenvalue weighted by atomic mass is 9.82. The van der Waals surface area contributed by atoms with Gasteiger partial charge in [-0.1, -0.05) is 23.7 Å². The summed E-state index contributed by atoms with van der Waals surface area (Å²) in [5.74, 6) is 2.60. The predicted octanol–water partition coefficient (Wildman–Crippen LogP) is 4.55. The number of sulfonamides is 1. The second-order valence-electron chi connectivity index (χ2n) is 9.20. The molecule has 0 amide bonds. The second kappa shape index (κ2) is 11.0. The van der Waals surface area contributed by atoms with Crippen molar-refractivity contribution in [1.29, 1.82) is 0 Å². The van der Waals surface area contributed by atoms with E-state index < -0.39 is 10.0 Å². The number of hydrogen-bond acceptors (Lipinski definition) is 7. The highest BCUT2D eigenvalue weighted by atomic mass is 35.5. The number of nitrogens with one attached hydrogen (secondary N) is 2. The monoisotopic (exact) mass is 517 g/mol. The minimum atomic E-state index is -3.71. The Morgan fingerprint density at radius 2 is 1.71 bits per heavy atom. The van der Waals surface area contributed by atoms with E-state index in [0.717, 1.165) is 48.9 Å². The quantitative estimate of drug-likeness (QED) is 0.429. The van der Waals surface area contributed by atoms with E-state index in [9.17, 15) is 8.42 Å². The van der Waals surface area contributed by atoms with Crippen molar-refractivity contribution in [3.8, 4) is 5.75 Å². The minimum absolute atomic E-state index is 0.0675. The first kappa shape index (κ1) is 25.5. The molecule has 10 heteroatoms. The second-order valence-corrected chi connectivity index (χ2v) is 11.4. The van der Waals surface area contributed by atoms with Gasteiger partial charge in [-0.25, -0.2) is 18.1 Å². The van der Waals surface area contributed by atoms with Gasteiger partial charge in [-0.15, -0.1) is 0 Å². The van der Waals surface area contributed by atoms with E-state index in [1.807, 2.05) is 43.3 Å². The van der Waals surface area contributed by atoms with Crippen LogP contribution in [0.15, 0.2) is 47.4 Å². The van der Waals surface area contributed by atoms with Gasteiger partial charge < -0.3 is 15.0 Å². The van der Waals surface area contributed by atoms with Crippen molar-refractivity contribution in [2.24, 2.45) is 11.8 Å². The molecular formula is C25H32ClN5O3S. The molecule has 0 atom stereocenters. The summed E-state index contributed by atoms with van der Waals surface area (Å²) in [6.45, 7) is 1.20. The van der Waals surface area contributed by atoms with Gasteiger partial charge in [0.15, 0.2) is 0 Å². The Labute approximate surface area is 212 Å². The first-order valence-electron chi connectivity index (χ1n) is 11.8. The maximum Gasteiger partial charge on any atom is 0.244 e. The highest BCUT2D eigenvalue weighted by Crippen LogP contribution is 2.31. The van der Waals surface area contributed by atoms with Crippen molar-refractivity contribution >= 4 is 44.3 Å². The molecule has 0 saturated heterocycles. The highest BCUT2D eigenvalue weighted by Gasteiger charge is 2.25. The van der Waals surface area contributed by atoms with E-state index in [1.54, 1.807) is 12.1 Å². The zero-order chi connectivity index (χ0) is 25.0. The molecule has 8 nitrogen and oxygen atoms in total. The van der Waals surface area contributed by atoms with E-state index in [2.05, 4.69) is 15.0 Å². The first-order valence-corrected chi connectivity index (χ1v) is 13.6. The molecule has 1 heterocycles. The number of fused-ring (bicyclic) bond motifs is 1. The largest absolute Gasteiger partial charge is 0.495 e. The zero-order valence-corrected chi connectivity index (χ0v) is 21.9. The number of aromatic nitrogens is 2. The number of hydrogen-bond donors (Lipinski definition) is 2. The molecule has 1 fully saturated rings. The van der Waals surface area contributed by atoms with Crippen LogP contribution in [0.1, 0.15) is 25.7 Å². The third-order valence-electron chi connectivity index (χ3n) is 6.50. The summed E-state index contributed by atoms with van der Waals surface area (Å²) >= 11 is 6.01. The molecule has 188 valence electrons. The fourth-order valence-electron chi connectivity index (χ4n) is 4.52. The maximum absolute atomic E-state index is 12.8. The van der Waals surface area contributed by atoms with Crippen molar-refractivity contribution in [2.45, 2.75) is 30.6 Å². The van der Waals surface area contributed by atoms with Crippen molar-refractivity contribution in [3.05, 3.63) is 47.5 Å². The Morgan fingerprint density at radius 1 is 1.03 bits per heavy atom. The lowest BCUT2D eigenvalue weighted by Gasteiger charge is -2.29. The van der Waals surface area contributed by atoms with Gasteiger partial charge in [-0.05, 0) is 67.9 Å². The van der Waals surface area contributed by atoms with Gasteiger partial charge in [0.05, 0.1) is 12.6 Å². The number of ether oxygens (including phenoxy) is 1. The average Bonchev–Trinajstić information content (AvgIpc) is 2.86. The van der Waals surface area contributed by atoms with Crippen molar-refractivity contribution in [1.82, 2.24) is 14.7 Å². The highest BCUT2D eigenvalue weighted by molar-refractivity contribution is 7.89. The zero-order valence-electron chi connectivity index (χ0n) is 20.3. The first-order chi connectivity index (χ1) is 16.8. The molecule has 0 unspecified atom stereocenters. The van der Waals surface area contributed by atoms with Crippen LogP contribution in [0.2, 0.25) is 5.02 Å². The molecule has 0 radical (unpaired) electrons. The third-order valence-corrected chi connectivity index (χ3v) is 8.18. The molecule has 0 spiro atoms. The van der Waals surface area contributed by atoms with Crippen LogP contribution in [-0.2, 0) is 10.0 Å². The Morgan fingerprint density at radius 3 is 2.40 bits per heavy atom. The summed E-state index contributed by atoms with van der Waals surface area (Å²) in [7, 11) is 1.71. The normalized spacial score (nSPS) is 18.4. The number of para-hydroxylation sites is 1. The van der Waals surface area contributed by atoms with Crippen LogP contribution in [0.3, 0.4) is 0 Å². The molecule has 1 aromatic heterocycles. The van der Waals surface area contributed by atoms with E-state index in [1.165, 1.54) is 13.2 Å². The van der Waals surface area contributed by atoms with E-state index in [-0.39, 0.29) is 10.6 Å². The Balaban J connectivity index is 1.30. The number of halogens is 1. The average molecular weight is 518 g/mol. The Hall–Kier alpha value is -2.62. The smallest absolute Gasteiger partial charge is 0.244 e. The Bertz CT molecular complexity index is 1280. The van der Waals surface area contributed by atoms with Crippen LogP contribution in [0.5, 0.6) is 5.75 Å². The Kier molecular flexibility index (Phi) is 7.98. The number of rotatable bonds is 9. The van der Waals surface area contributed by atoms with Crippen molar-refractivity contribution in [2.75, 3.05) is 44.5 Å². The number of benzene rings is 2. The number of anilines is 2. The molecule has 0 bridgehead atoms. The molecule has 1 saturated carbocycles. The molecule has 2 N–H and O–H groups in total. The van der Waals surface area contributed by atoms with Gasteiger partial charge in [-0.3, -0.25) is 0 Å². The van der Waals surface area contributed by atoms with Crippen LogP contribution in [-0.4, -0.2) is 52.7 Å². The van der Waals surface area contributed by atoms with Crippen LogP contribution in [0, 0.1) is 11.8 Å². The summed E-state index contributed by atoms with van der Waals surface area (Å²) in [6.07, 6.45) is 3.97. The lowest BCUT2D eigenvalue weighted by molar-refractivity contribution is 0.284. The van der Waals surface area contributed by atoms with E-state index in [4.69, 9.17) is 21.3 Å². The molecule has 35 heavy (non-hydrogen) atoms. The summed E-state index contributed by atoms with van der Waals surface area (Å²) < 4.78 is 33.6.